The summed E-state index contributed by atoms with van der Waals surface area (Å²) in [6, 6.07) is 6.60. The zero-order valence-corrected chi connectivity index (χ0v) is 11.4. The van der Waals surface area contributed by atoms with Gasteiger partial charge in [-0.15, -0.1) is 0 Å². The normalized spacial score (nSPS) is 16.3. The first-order valence-corrected chi connectivity index (χ1v) is 7.20. The van der Waals surface area contributed by atoms with Crippen LogP contribution in [0.1, 0.15) is 45.1 Å². The summed E-state index contributed by atoms with van der Waals surface area (Å²) in [6.45, 7) is 2.82. The van der Waals surface area contributed by atoms with Crippen molar-refractivity contribution in [1.82, 2.24) is 9.55 Å². The summed E-state index contributed by atoms with van der Waals surface area (Å²) in [5, 5.41) is 0. The summed E-state index contributed by atoms with van der Waals surface area (Å²) in [6.07, 6.45) is 5.98. The Kier molecular flexibility index (Phi) is 3.32. The van der Waals surface area contributed by atoms with E-state index < -0.39 is 0 Å². The first kappa shape index (κ1) is 12.3. The lowest BCUT2D eigenvalue weighted by Gasteiger charge is -2.14. The SMILES string of the molecule is CCCOc1cccc2c1nc(N)n2C1CCCC1. The van der Waals surface area contributed by atoms with Gasteiger partial charge in [0, 0.05) is 6.04 Å². The minimum atomic E-state index is 0.506. The van der Waals surface area contributed by atoms with E-state index in [0.29, 0.717) is 12.0 Å². The Morgan fingerprint density at radius 2 is 2.16 bits per heavy atom. The van der Waals surface area contributed by atoms with Crippen molar-refractivity contribution < 1.29 is 4.74 Å². The molecule has 3 rings (SSSR count). The number of benzene rings is 1. The van der Waals surface area contributed by atoms with Crippen LogP contribution < -0.4 is 10.5 Å². The average Bonchev–Trinajstić information content (AvgIpc) is 3.02. The average molecular weight is 259 g/mol. The predicted molar refractivity (Wildman–Crippen MR) is 77.4 cm³/mol. The first-order chi connectivity index (χ1) is 9.31. The van der Waals surface area contributed by atoms with E-state index in [9.17, 15) is 0 Å². The molecule has 1 saturated carbocycles. The van der Waals surface area contributed by atoms with Gasteiger partial charge in [0.05, 0.1) is 12.1 Å². The molecule has 0 bridgehead atoms. The van der Waals surface area contributed by atoms with Gasteiger partial charge in [-0.25, -0.2) is 4.98 Å². The highest BCUT2D eigenvalue weighted by atomic mass is 16.5. The van der Waals surface area contributed by atoms with Crippen molar-refractivity contribution in [2.75, 3.05) is 12.3 Å². The molecule has 0 spiro atoms. The van der Waals surface area contributed by atoms with Crippen molar-refractivity contribution in [3.63, 3.8) is 0 Å². The Labute approximate surface area is 113 Å². The summed E-state index contributed by atoms with van der Waals surface area (Å²) in [4.78, 5) is 4.53. The molecule has 1 fully saturated rings. The van der Waals surface area contributed by atoms with Crippen LogP contribution in [0, 0.1) is 0 Å². The lowest BCUT2D eigenvalue weighted by atomic mass is 10.2. The molecule has 2 N–H and O–H groups in total. The van der Waals surface area contributed by atoms with Gasteiger partial charge in [0.2, 0.25) is 5.95 Å². The van der Waals surface area contributed by atoms with Crippen LogP contribution in [-0.2, 0) is 0 Å². The molecule has 2 aromatic rings. The molecule has 1 aliphatic rings. The number of imidazole rings is 1. The van der Waals surface area contributed by atoms with E-state index in [-0.39, 0.29) is 0 Å². The minimum Gasteiger partial charge on any atom is -0.491 e. The molecule has 4 heteroatoms. The monoisotopic (exact) mass is 259 g/mol. The molecule has 4 nitrogen and oxygen atoms in total. The number of aromatic nitrogens is 2. The van der Waals surface area contributed by atoms with Crippen molar-refractivity contribution in [3.05, 3.63) is 18.2 Å². The molecule has 1 aromatic heterocycles. The standard InChI is InChI=1S/C15H21N3O/c1-2-10-19-13-9-5-8-12-14(13)17-15(16)18(12)11-6-3-4-7-11/h5,8-9,11H,2-4,6-7,10H2,1H3,(H2,16,17). The number of nitrogens with zero attached hydrogens (tertiary/aromatic N) is 2. The van der Waals surface area contributed by atoms with E-state index in [1.54, 1.807) is 0 Å². The number of hydrogen-bond donors (Lipinski definition) is 1. The Balaban J connectivity index is 2.05. The van der Waals surface area contributed by atoms with Crippen LogP contribution in [0.3, 0.4) is 0 Å². The fraction of sp³-hybridized carbons (Fsp3) is 0.533. The van der Waals surface area contributed by atoms with Gasteiger partial charge in [-0.2, -0.15) is 0 Å². The van der Waals surface area contributed by atoms with Crippen LogP contribution in [-0.4, -0.2) is 16.2 Å². The topological polar surface area (TPSA) is 53.1 Å². The van der Waals surface area contributed by atoms with Crippen LogP contribution in [0.4, 0.5) is 5.95 Å². The summed E-state index contributed by atoms with van der Waals surface area (Å²) in [5.41, 5.74) is 8.14. The largest absolute Gasteiger partial charge is 0.491 e. The van der Waals surface area contributed by atoms with Gasteiger partial charge in [0.25, 0.3) is 0 Å². The van der Waals surface area contributed by atoms with E-state index in [2.05, 4.69) is 22.5 Å². The Hall–Kier alpha value is -1.71. The highest BCUT2D eigenvalue weighted by molar-refractivity contribution is 5.84. The zero-order valence-electron chi connectivity index (χ0n) is 11.4. The maximum absolute atomic E-state index is 6.13. The number of rotatable bonds is 4. The van der Waals surface area contributed by atoms with Gasteiger partial charge in [-0.3, -0.25) is 0 Å². The van der Waals surface area contributed by atoms with E-state index >= 15 is 0 Å². The zero-order chi connectivity index (χ0) is 13.2. The second-order valence-corrected chi connectivity index (χ2v) is 5.25. The van der Waals surface area contributed by atoms with Crippen molar-refractivity contribution in [2.45, 2.75) is 45.1 Å². The smallest absolute Gasteiger partial charge is 0.201 e. The number of ether oxygens (including phenoxy) is 1. The van der Waals surface area contributed by atoms with Gasteiger partial charge in [0.1, 0.15) is 11.3 Å². The molecule has 102 valence electrons. The molecule has 0 unspecified atom stereocenters. The summed E-state index contributed by atoms with van der Waals surface area (Å²) < 4.78 is 7.96. The van der Waals surface area contributed by atoms with E-state index in [4.69, 9.17) is 10.5 Å². The van der Waals surface area contributed by atoms with Gasteiger partial charge >= 0.3 is 0 Å². The van der Waals surface area contributed by atoms with Gasteiger partial charge in [-0.1, -0.05) is 25.8 Å². The number of nitrogens with two attached hydrogens (primary N) is 1. The maximum Gasteiger partial charge on any atom is 0.201 e. The number of fused-ring (bicyclic) bond motifs is 1. The van der Waals surface area contributed by atoms with Gasteiger partial charge < -0.3 is 15.0 Å². The third-order valence-corrected chi connectivity index (χ3v) is 3.86. The Morgan fingerprint density at radius 3 is 2.89 bits per heavy atom. The maximum atomic E-state index is 6.13. The molecule has 0 saturated heterocycles. The van der Waals surface area contributed by atoms with E-state index in [1.165, 1.54) is 25.7 Å². The third-order valence-electron chi connectivity index (χ3n) is 3.86. The molecule has 1 heterocycles. The highest BCUT2D eigenvalue weighted by Gasteiger charge is 2.22. The van der Waals surface area contributed by atoms with E-state index in [1.807, 2.05) is 12.1 Å². The van der Waals surface area contributed by atoms with Crippen molar-refractivity contribution in [1.29, 1.82) is 0 Å². The van der Waals surface area contributed by atoms with E-state index in [0.717, 1.165) is 29.8 Å². The third kappa shape index (κ3) is 2.15. The number of nitrogen functional groups attached to an aromatic ring is 1. The number of anilines is 1. The molecule has 0 atom stereocenters. The molecule has 19 heavy (non-hydrogen) atoms. The van der Waals surface area contributed by atoms with Crippen LogP contribution in [0.5, 0.6) is 5.75 Å². The number of hydrogen-bond acceptors (Lipinski definition) is 3. The molecule has 1 aliphatic carbocycles. The van der Waals surface area contributed by atoms with Crippen molar-refractivity contribution in [2.24, 2.45) is 0 Å². The second kappa shape index (κ2) is 5.11. The van der Waals surface area contributed by atoms with Crippen LogP contribution >= 0.6 is 0 Å². The minimum absolute atomic E-state index is 0.506. The van der Waals surface area contributed by atoms with Gasteiger partial charge in [0.15, 0.2) is 0 Å². The Morgan fingerprint density at radius 1 is 1.37 bits per heavy atom. The lowest BCUT2D eigenvalue weighted by molar-refractivity contribution is 0.320. The molecule has 1 aromatic carbocycles. The Bertz CT molecular complexity index is 570. The predicted octanol–water partition coefficient (Wildman–Crippen LogP) is 3.52. The molecular formula is C15H21N3O. The van der Waals surface area contributed by atoms with Crippen molar-refractivity contribution in [3.8, 4) is 5.75 Å². The fourth-order valence-electron chi connectivity index (χ4n) is 2.98. The highest BCUT2D eigenvalue weighted by Crippen LogP contribution is 2.36. The van der Waals surface area contributed by atoms with Crippen LogP contribution in [0.25, 0.3) is 11.0 Å². The second-order valence-electron chi connectivity index (χ2n) is 5.25. The van der Waals surface area contributed by atoms with Crippen LogP contribution in [0.15, 0.2) is 18.2 Å². The number of para-hydroxylation sites is 1. The van der Waals surface area contributed by atoms with Crippen molar-refractivity contribution >= 4 is 17.0 Å². The summed E-state index contributed by atoms with van der Waals surface area (Å²) in [5.74, 6) is 1.47. The summed E-state index contributed by atoms with van der Waals surface area (Å²) in [7, 11) is 0. The molecule has 0 aliphatic heterocycles. The van der Waals surface area contributed by atoms with Crippen LogP contribution in [0.2, 0.25) is 0 Å². The quantitative estimate of drug-likeness (QED) is 0.914. The lowest BCUT2D eigenvalue weighted by Crippen LogP contribution is -2.08. The summed E-state index contributed by atoms with van der Waals surface area (Å²) >= 11 is 0. The molecule has 0 amide bonds. The fourth-order valence-corrected chi connectivity index (χ4v) is 2.98. The first-order valence-electron chi connectivity index (χ1n) is 7.20. The molecular weight excluding hydrogens is 238 g/mol. The molecule has 0 radical (unpaired) electrons. The van der Waals surface area contributed by atoms with Gasteiger partial charge in [-0.05, 0) is 31.4 Å².